The quantitative estimate of drug-likeness (QED) is 0.744. The maximum absolute atomic E-state index is 13.5. The second-order valence-electron chi connectivity index (χ2n) is 5.48. The summed E-state index contributed by atoms with van der Waals surface area (Å²) in [6, 6.07) is 1.40. The van der Waals surface area contributed by atoms with Crippen molar-refractivity contribution in [2.45, 2.75) is 24.9 Å². The van der Waals surface area contributed by atoms with Crippen LogP contribution in [0.25, 0.3) is 0 Å². The van der Waals surface area contributed by atoms with Crippen molar-refractivity contribution in [1.29, 1.82) is 0 Å². The SMILES string of the molecule is CN1C(=O)CC(NC(=O)NCCC(=O)O)C1c1ccc(F)c(F)c1. The highest BCUT2D eigenvalue weighted by Crippen LogP contribution is 2.32. The molecule has 2 atom stereocenters. The van der Waals surface area contributed by atoms with Crippen molar-refractivity contribution >= 4 is 17.9 Å². The molecule has 0 spiro atoms. The van der Waals surface area contributed by atoms with Crippen LogP contribution in [0.5, 0.6) is 0 Å². The molecule has 0 aromatic heterocycles. The lowest BCUT2D eigenvalue weighted by Crippen LogP contribution is -2.45. The van der Waals surface area contributed by atoms with Gasteiger partial charge in [-0.3, -0.25) is 9.59 Å². The number of carbonyl (C=O) groups is 3. The van der Waals surface area contributed by atoms with Gasteiger partial charge in [0.25, 0.3) is 0 Å². The Bertz CT molecular complexity index is 668. The monoisotopic (exact) mass is 341 g/mol. The fraction of sp³-hybridized carbons (Fsp3) is 0.400. The highest BCUT2D eigenvalue weighted by Gasteiger charge is 2.39. The van der Waals surface area contributed by atoms with Gasteiger partial charge in [0.05, 0.1) is 18.5 Å². The van der Waals surface area contributed by atoms with Crippen molar-refractivity contribution in [2.75, 3.05) is 13.6 Å². The summed E-state index contributed by atoms with van der Waals surface area (Å²) in [5, 5.41) is 13.5. The van der Waals surface area contributed by atoms with Crippen molar-refractivity contribution in [2.24, 2.45) is 0 Å². The van der Waals surface area contributed by atoms with Crippen LogP contribution in [0.4, 0.5) is 13.6 Å². The standard InChI is InChI=1S/C15H17F2N3O4/c1-20-12(21)7-11(19-15(24)18-5-4-13(22)23)14(20)8-2-3-9(16)10(17)6-8/h2-3,6,11,14H,4-5,7H2,1H3,(H,22,23)(H2,18,19,24). The molecule has 1 saturated heterocycles. The number of halogens is 2. The topological polar surface area (TPSA) is 98.7 Å². The molecule has 2 unspecified atom stereocenters. The fourth-order valence-electron chi connectivity index (χ4n) is 2.65. The third-order valence-corrected chi connectivity index (χ3v) is 3.81. The molecule has 1 aliphatic heterocycles. The Morgan fingerprint density at radius 3 is 2.67 bits per heavy atom. The number of amides is 3. The Labute approximate surface area is 136 Å². The van der Waals surface area contributed by atoms with Crippen molar-refractivity contribution in [1.82, 2.24) is 15.5 Å². The number of carbonyl (C=O) groups excluding carboxylic acids is 2. The molecule has 7 nitrogen and oxygen atoms in total. The van der Waals surface area contributed by atoms with E-state index in [9.17, 15) is 23.2 Å². The van der Waals surface area contributed by atoms with Gasteiger partial charge in [-0.05, 0) is 17.7 Å². The van der Waals surface area contributed by atoms with Gasteiger partial charge in [-0.15, -0.1) is 0 Å². The van der Waals surface area contributed by atoms with E-state index in [0.29, 0.717) is 5.56 Å². The number of likely N-dealkylation sites (N-methyl/N-ethyl adjacent to an activating group) is 1. The van der Waals surface area contributed by atoms with E-state index in [1.807, 2.05) is 0 Å². The average Bonchev–Trinajstić information content (AvgIpc) is 2.76. The van der Waals surface area contributed by atoms with Gasteiger partial charge in [0.15, 0.2) is 11.6 Å². The molecule has 24 heavy (non-hydrogen) atoms. The van der Waals surface area contributed by atoms with E-state index in [0.717, 1.165) is 12.1 Å². The molecule has 1 aromatic carbocycles. The lowest BCUT2D eigenvalue weighted by molar-refractivity contribution is -0.136. The van der Waals surface area contributed by atoms with Crippen molar-refractivity contribution in [3.63, 3.8) is 0 Å². The maximum atomic E-state index is 13.5. The first-order valence-electron chi connectivity index (χ1n) is 7.26. The Kier molecular flexibility index (Phi) is 5.32. The predicted octanol–water partition coefficient (Wildman–Crippen LogP) is 1.01. The van der Waals surface area contributed by atoms with Gasteiger partial charge < -0.3 is 20.6 Å². The number of likely N-dealkylation sites (tertiary alicyclic amines) is 1. The third-order valence-electron chi connectivity index (χ3n) is 3.81. The zero-order valence-electron chi connectivity index (χ0n) is 12.9. The predicted molar refractivity (Wildman–Crippen MR) is 79.1 cm³/mol. The van der Waals surface area contributed by atoms with Crippen LogP contribution >= 0.6 is 0 Å². The number of rotatable bonds is 5. The Morgan fingerprint density at radius 2 is 2.04 bits per heavy atom. The van der Waals surface area contributed by atoms with Crippen LogP contribution in [-0.2, 0) is 9.59 Å². The molecule has 0 bridgehead atoms. The van der Waals surface area contributed by atoms with E-state index in [-0.39, 0.29) is 25.3 Å². The zero-order valence-corrected chi connectivity index (χ0v) is 12.9. The summed E-state index contributed by atoms with van der Waals surface area (Å²) in [6.45, 7) is -0.0620. The zero-order chi connectivity index (χ0) is 17.9. The Morgan fingerprint density at radius 1 is 1.33 bits per heavy atom. The van der Waals surface area contributed by atoms with E-state index in [1.165, 1.54) is 18.0 Å². The minimum Gasteiger partial charge on any atom is -0.481 e. The molecule has 0 saturated carbocycles. The van der Waals surface area contributed by atoms with E-state index >= 15 is 0 Å². The molecule has 1 fully saturated rings. The highest BCUT2D eigenvalue weighted by molar-refractivity contribution is 5.82. The van der Waals surface area contributed by atoms with Gasteiger partial charge in [0.2, 0.25) is 5.91 Å². The molecule has 2 rings (SSSR count). The summed E-state index contributed by atoms with van der Waals surface area (Å²) in [5.41, 5.74) is 0.359. The molecule has 3 amide bonds. The number of hydrogen-bond acceptors (Lipinski definition) is 3. The lowest BCUT2D eigenvalue weighted by atomic mass is 10.00. The number of urea groups is 1. The molecule has 0 radical (unpaired) electrons. The summed E-state index contributed by atoms with van der Waals surface area (Å²) in [5.74, 6) is -3.34. The van der Waals surface area contributed by atoms with Crippen LogP contribution in [0.15, 0.2) is 18.2 Å². The molecule has 9 heteroatoms. The normalized spacial score (nSPS) is 20.1. The van der Waals surface area contributed by atoms with Crippen molar-refractivity contribution in [3.8, 4) is 0 Å². The van der Waals surface area contributed by atoms with Crippen LogP contribution < -0.4 is 10.6 Å². The Hall–Kier alpha value is -2.71. The van der Waals surface area contributed by atoms with Gasteiger partial charge in [0, 0.05) is 20.0 Å². The average molecular weight is 341 g/mol. The largest absolute Gasteiger partial charge is 0.481 e. The van der Waals surface area contributed by atoms with Crippen molar-refractivity contribution in [3.05, 3.63) is 35.4 Å². The highest BCUT2D eigenvalue weighted by atomic mass is 19.2. The number of benzene rings is 1. The number of nitrogens with one attached hydrogen (secondary N) is 2. The van der Waals surface area contributed by atoms with Crippen LogP contribution in [0.3, 0.4) is 0 Å². The summed E-state index contributed by atoms with van der Waals surface area (Å²) in [6.07, 6.45) is -0.226. The van der Waals surface area contributed by atoms with Gasteiger partial charge in [-0.25, -0.2) is 13.6 Å². The van der Waals surface area contributed by atoms with Gasteiger partial charge in [-0.1, -0.05) is 6.07 Å². The number of carboxylic acid groups (broad SMARTS) is 1. The molecule has 1 heterocycles. The second-order valence-corrected chi connectivity index (χ2v) is 5.48. The third kappa shape index (κ3) is 3.98. The first-order valence-corrected chi connectivity index (χ1v) is 7.26. The number of carboxylic acids is 1. The molecule has 1 aromatic rings. The molecule has 3 N–H and O–H groups in total. The van der Waals surface area contributed by atoms with Crippen LogP contribution in [-0.4, -0.2) is 47.5 Å². The van der Waals surface area contributed by atoms with Gasteiger partial charge in [-0.2, -0.15) is 0 Å². The van der Waals surface area contributed by atoms with E-state index in [1.54, 1.807) is 0 Å². The summed E-state index contributed by atoms with van der Waals surface area (Å²) in [7, 11) is 1.51. The van der Waals surface area contributed by atoms with Crippen LogP contribution in [0, 0.1) is 11.6 Å². The minimum absolute atomic E-state index is 0.00646. The molecular formula is C15H17F2N3O4. The van der Waals surface area contributed by atoms with Crippen molar-refractivity contribution < 1.29 is 28.3 Å². The molecule has 130 valence electrons. The number of hydrogen-bond donors (Lipinski definition) is 3. The Balaban J connectivity index is 2.09. The van der Waals surface area contributed by atoms with Gasteiger partial charge in [0.1, 0.15) is 0 Å². The number of nitrogens with zero attached hydrogens (tertiary/aromatic N) is 1. The smallest absolute Gasteiger partial charge is 0.315 e. The summed E-state index contributed by atoms with van der Waals surface area (Å²) >= 11 is 0. The molecule has 0 aliphatic carbocycles. The van der Waals surface area contributed by atoms with Crippen LogP contribution in [0.1, 0.15) is 24.4 Å². The van der Waals surface area contributed by atoms with E-state index < -0.39 is 35.7 Å². The number of aliphatic carboxylic acids is 1. The van der Waals surface area contributed by atoms with Crippen LogP contribution in [0.2, 0.25) is 0 Å². The maximum Gasteiger partial charge on any atom is 0.315 e. The molecular weight excluding hydrogens is 324 g/mol. The van der Waals surface area contributed by atoms with Gasteiger partial charge >= 0.3 is 12.0 Å². The lowest BCUT2D eigenvalue weighted by Gasteiger charge is -2.26. The summed E-state index contributed by atoms with van der Waals surface area (Å²) < 4.78 is 26.5. The van der Waals surface area contributed by atoms with E-state index in [2.05, 4.69) is 10.6 Å². The summed E-state index contributed by atoms with van der Waals surface area (Å²) in [4.78, 5) is 35.5. The molecule has 1 aliphatic rings. The minimum atomic E-state index is -1.05. The van der Waals surface area contributed by atoms with E-state index in [4.69, 9.17) is 5.11 Å². The first kappa shape index (κ1) is 17.6. The fourth-order valence-corrected chi connectivity index (χ4v) is 2.65. The second kappa shape index (κ2) is 7.24. The first-order chi connectivity index (χ1) is 11.3.